The maximum Gasteiger partial charge on any atom is 0.0972 e. The minimum atomic E-state index is 0.0438. The van der Waals surface area contributed by atoms with Gasteiger partial charge in [0, 0.05) is 16.6 Å². The van der Waals surface area contributed by atoms with Crippen LogP contribution in [0.5, 0.6) is 0 Å². The van der Waals surface area contributed by atoms with E-state index in [2.05, 4.69) is 30.1 Å². The zero-order valence-corrected chi connectivity index (χ0v) is 13.6. The standard InChI is InChI=1S/C14H17ClN2S2/c1-8-6-9(2)17-13(7-8)19-14(10(3)16)11-4-5-12(15)18-11/h4-7,10,14H,16H2,1-3H3. The van der Waals surface area contributed by atoms with E-state index in [1.807, 2.05) is 19.9 Å². The lowest BCUT2D eigenvalue weighted by atomic mass is 10.2. The van der Waals surface area contributed by atoms with Crippen LogP contribution in [-0.4, -0.2) is 11.0 Å². The van der Waals surface area contributed by atoms with Gasteiger partial charge in [0.05, 0.1) is 14.6 Å². The summed E-state index contributed by atoms with van der Waals surface area (Å²) in [6.07, 6.45) is 0. The van der Waals surface area contributed by atoms with E-state index in [-0.39, 0.29) is 11.3 Å². The summed E-state index contributed by atoms with van der Waals surface area (Å²) in [6, 6.07) is 8.19. The first kappa shape index (κ1) is 14.9. The number of thiophene rings is 1. The molecule has 2 unspecified atom stereocenters. The highest BCUT2D eigenvalue weighted by Crippen LogP contribution is 2.40. The van der Waals surface area contributed by atoms with E-state index in [4.69, 9.17) is 17.3 Å². The smallest absolute Gasteiger partial charge is 0.0972 e. The molecule has 2 heterocycles. The molecule has 2 rings (SSSR count). The third-order valence-corrected chi connectivity index (χ3v) is 5.53. The Morgan fingerprint density at radius 2 is 2.05 bits per heavy atom. The summed E-state index contributed by atoms with van der Waals surface area (Å²) >= 11 is 9.31. The molecule has 2 nitrogen and oxygen atoms in total. The highest BCUT2D eigenvalue weighted by atomic mass is 35.5. The molecule has 2 atom stereocenters. The van der Waals surface area contributed by atoms with E-state index in [1.54, 1.807) is 23.1 Å². The van der Waals surface area contributed by atoms with Gasteiger partial charge >= 0.3 is 0 Å². The molecule has 2 N–H and O–H groups in total. The number of halogens is 1. The average molecular weight is 313 g/mol. The Morgan fingerprint density at radius 3 is 2.58 bits per heavy atom. The van der Waals surface area contributed by atoms with Gasteiger partial charge in [0.25, 0.3) is 0 Å². The normalized spacial score (nSPS) is 14.4. The van der Waals surface area contributed by atoms with Crippen LogP contribution in [-0.2, 0) is 0 Å². The molecule has 0 saturated heterocycles. The Balaban J connectivity index is 2.26. The third kappa shape index (κ3) is 3.96. The van der Waals surface area contributed by atoms with Crippen molar-refractivity contribution >= 4 is 34.7 Å². The lowest BCUT2D eigenvalue weighted by molar-refractivity contribution is 0.728. The second kappa shape index (κ2) is 6.27. The van der Waals surface area contributed by atoms with Crippen LogP contribution in [0.15, 0.2) is 29.3 Å². The summed E-state index contributed by atoms with van der Waals surface area (Å²) in [7, 11) is 0. The van der Waals surface area contributed by atoms with E-state index in [1.165, 1.54) is 10.4 Å². The molecule has 0 aliphatic carbocycles. The van der Waals surface area contributed by atoms with Crippen LogP contribution in [0, 0.1) is 13.8 Å². The quantitative estimate of drug-likeness (QED) is 0.839. The Labute approximate surface area is 127 Å². The van der Waals surface area contributed by atoms with Crippen molar-refractivity contribution in [3.05, 3.63) is 44.7 Å². The topological polar surface area (TPSA) is 38.9 Å². The van der Waals surface area contributed by atoms with Crippen LogP contribution in [0.4, 0.5) is 0 Å². The third-order valence-electron chi connectivity index (χ3n) is 2.67. The maximum atomic E-state index is 6.12. The van der Waals surface area contributed by atoms with Crippen molar-refractivity contribution in [1.29, 1.82) is 0 Å². The van der Waals surface area contributed by atoms with Crippen molar-refractivity contribution in [3.63, 3.8) is 0 Å². The SMILES string of the molecule is Cc1cc(C)nc(SC(c2ccc(Cl)s2)C(C)N)c1. The zero-order valence-electron chi connectivity index (χ0n) is 11.2. The fourth-order valence-electron chi connectivity index (χ4n) is 1.90. The molecule has 0 radical (unpaired) electrons. The number of hydrogen-bond acceptors (Lipinski definition) is 4. The van der Waals surface area contributed by atoms with Crippen molar-refractivity contribution in [2.75, 3.05) is 0 Å². The summed E-state index contributed by atoms with van der Waals surface area (Å²) in [5.41, 5.74) is 8.38. The molecular formula is C14H17ClN2S2. The highest BCUT2D eigenvalue weighted by Gasteiger charge is 2.20. The number of aryl methyl sites for hydroxylation is 2. The first-order chi connectivity index (χ1) is 8.95. The van der Waals surface area contributed by atoms with E-state index >= 15 is 0 Å². The number of nitrogens with two attached hydrogens (primary N) is 1. The first-order valence-corrected chi connectivity index (χ1v) is 8.16. The molecule has 0 saturated carbocycles. The maximum absolute atomic E-state index is 6.12. The predicted molar refractivity (Wildman–Crippen MR) is 85.3 cm³/mol. The van der Waals surface area contributed by atoms with Crippen LogP contribution in [0.25, 0.3) is 0 Å². The molecule has 102 valence electrons. The van der Waals surface area contributed by atoms with Crippen LogP contribution in [0.3, 0.4) is 0 Å². The molecule has 0 bridgehead atoms. The van der Waals surface area contributed by atoms with Crippen LogP contribution in [0.2, 0.25) is 4.34 Å². The van der Waals surface area contributed by atoms with Crippen LogP contribution >= 0.6 is 34.7 Å². The van der Waals surface area contributed by atoms with Gasteiger partial charge in [0.15, 0.2) is 0 Å². The lowest BCUT2D eigenvalue weighted by Gasteiger charge is -2.18. The molecule has 0 fully saturated rings. The zero-order chi connectivity index (χ0) is 14.0. The molecule has 19 heavy (non-hydrogen) atoms. The second-order valence-electron chi connectivity index (χ2n) is 4.66. The number of aromatic nitrogens is 1. The number of pyridine rings is 1. The summed E-state index contributed by atoms with van der Waals surface area (Å²) < 4.78 is 0.801. The van der Waals surface area contributed by atoms with E-state index in [9.17, 15) is 0 Å². The summed E-state index contributed by atoms with van der Waals surface area (Å²) in [5, 5.41) is 1.20. The average Bonchev–Trinajstić information content (AvgIpc) is 2.70. The number of thioether (sulfide) groups is 1. The van der Waals surface area contributed by atoms with Crippen molar-refractivity contribution in [2.24, 2.45) is 5.73 Å². The Bertz CT molecular complexity index is 546. The van der Waals surface area contributed by atoms with E-state index in [0.717, 1.165) is 15.1 Å². The van der Waals surface area contributed by atoms with Gasteiger partial charge in [-0.3, -0.25) is 0 Å². The monoisotopic (exact) mass is 312 g/mol. The van der Waals surface area contributed by atoms with Gasteiger partial charge in [-0.2, -0.15) is 0 Å². The summed E-state index contributed by atoms with van der Waals surface area (Å²) in [5.74, 6) is 0. The molecule has 5 heteroatoms. The Hall–Kier alpha value is -0.550. The van der Waals surface area contributed by atoms with Crippen molar-refractivity contribution in [3.8, 4) is 0 Å². The number of nitrogens with zero attached hydrogens (tertiary/aromatic N) is 1. The summed E-state index contributed by atoms with van der Waals surface area (Å²) in [6.45, 7) is 6.12. The molecule has 0 aromatic carbocycles. The van der Waals surface area contributed by atoms with Crippen molar-refractivity contribution in [2.45, 2.75) is 37.1 Å². The molecule has 0 aliphatic heterocycles. The van der Waals surface area contributed by atoms with Gasteiger partial charge in [-0.1, -0.05) is 23.4 Å². The molecule has 0 spiro atoms. The van der Waals surface area contributed by atoms with Gasteiger partial charge < -0.3 is 5.73 Å². The molecule has 2 aromatic rings. The molecule has 0 aliphatic rings. The van der Waals surface area contributed by atoms with Crippen LogP contribution in [0.1, 0.15) is 28.3 Å². The molecule has 2 aromatic heterocycles. The molecular weight excluding hydrogens is 296 g/mol. The minimum Gasteiger partial charge on any atom is -0.327 e. The second-order valence-corrected chi connectivity index (χ2v) is 7.57. The number of rotatable bonds is 4. The van der Waals surface area contributed by atoms with E-state index < -0.39 is 0 Å². The largest absolute Gasteiger partial charge is 0.327 e. The first-order valence-electron chi connectivity index (χ1n) is 6.08. The van der Waals surface area contributed by atoms with Gasteiger partial charge in [0.1, 0.15) is 0 Å². The Kier molecular flexibility index (Phi) is 4.90. The van der Waals surface area contributed by atoms with Crippen LogP contribution < -0.4 is 5.73 Å². The predicted octanol–water partition coefficient (Wildman–Crippen LogP) is 4.59. The van der Waals surface area contributed by atoms with Crippen molar-refractivity contribution in [1.82, 2.24) is 4.98 Å². The Morgan fingerprint density at radius 1 is 1.32 bits per heavy atom. The van der Waals surface area contributed by atoms with Crippen molar-refractivity contribution < 1.29 is 0 Å². The van der Waals surface area contributed by atoms with Gasteiger partial charge in [-0.25, -0.2) is 4.98 Å². The van der Waals surface area contributed by atoms with E-state index in [0.29, 0.717) is 0 Å². The summed E-state index contributed by atoms with van der Waals surface area (Å²) in [4.78, 5) is 5.77. The molecule has 0 amide bonds. The number of hydrogen-bond donors (Lipinski definition) is 1. The fourth-order valence-corrected chi connectivity index (χ4v) is 4.47. The van der Waals surface area contributed by atoms with Gasteiger partial charge in [0.2, 0.25) is 0 Å². The lowest BCUT2D eigenvalue weighted by Crippen LogP contribution is -2.22. The minimum absolute atomic E-state index is 0.0438. The van der Waals surface area contributed by atoms with Gasteiger partial charge in [-0.05, 0) is 50.6 Å². The fraction of sp³-hybridized carbons (Fsp3) is 0.357. The highest BCUT2D eigenvalue weighted by molar-refractivity contribution is 7.99. The van der Waals surface area contributed by atoms with Gasteiger partial charge in [-0.15, -0.1) is 11.3 Å².